The number of carboxylic acid groups (broad SMARTS) is 1. The molecule has 2 unspecified atom stereocenters. The fraction of sp³-hybridized carbons (Fsp3) is 0.600. The minimum absolute atomic E-state index is 0.243. The van der Waals surface area contributed by atoms with Gasteiger partial charge in [0, 0.05) is 18.8 Å². The van der Waals surface area contributed by atoms with Crippen molar-refractivity contribution in [1.82, 2.24) is 10.3 Å². The van der Waals surface area contributed by atoms with Gasteiger partial charge in [-0.2, -0.15) is 0 Å². The molecule has 2 N–H and O–H groups in total. The van der Waals surface area contributed by atoms with E-state index in [0.717, 1.165) is 18.2 Å². The van der Waals surface area contributed by atoms with Crippen molar-refractivity contribution in [3.05, 3.63) is 29.6 Å². The average Bonchev–Trinajstić information content (AvgIpc) is 2.61. The normalized spacial score (nSPS) is 23.8. The lowest BCUT2D eigenvalue weighted by Gasteiger charge is -2.16. The summed E-state index contributed by atoms with van der Waals surface area (Å²) in [6.07, 6.45) is 7.82. The molecule has 19 heavy (non-hydrogen) atoms. The molecule has 0 amide bonds. The van der Waals surface area contributed by atoms with Crippen LogP contribution in [0.25, 0.3) is 0 Å². The topological polar surface area (TPSA) is 62.2 Å². The van der Waals surface area contributed by atoms with Crippen molar-refractivity contribution >= 4 is 5.97 Å². The van der Waals surface area contributed by atoms with Gasteiger partial charge in [0.15, 0.2) is 0 Å². The van der Waals surface area contributed by atoms with E-state index in [2.05, 4.69) is 17.2 Å². The zero-order chi connectivity index (χ0) is 13.7. The van der Waals surface area contributed by atoms with E-state index in [9.17, 15) is 4.79 Å². The summed E-state index contributed by atoms with van der Waals surface area (Å²) in [6.45, 7) is 3.05. The van der Waals surface area contributed by atoms with Gasteiger partial charge in [0.2, 0.25) is 0 Å². The number of aromatic carboxylic acids is 1. The minimum atomic E-state index is -0.926. The van der Waals surface area contributed by atoms with Crippen LogP contribution in [0.2, 0.25) is 0 Å². The molecule has 0 aliphatic heterocycles. The van der Waals surface area contributed by atoms with Gasteiger partial charge < -0.3 is 10.4 Å². The van der Waals surface area contributed by atoms with Crippen molar-refractivity contribution in [1.29, 1.82) is 0 Å². The summed E-state index contributed by atoms with van der Waals surface area (Å²) < 4.78 is 0. The first kappa shape index (κ1) is 14.0. The van der Waals surface area contributed by atoms with Crippen LogP contribution >= 0.6 is 0 Å². The molecule has 0 saturated heterocycles. The van der Waals surface area contributed by atoms with E-state index in [1.807, 2.05) is 0 Å². The van der Waals surface area contributed by atoms with Crippen LogP contribution in [0.1, 0.15) is 55.1 Å². The number of hydrogen-bond donors (Lipinski definition) is 2. The second kappa shape index (κ2) is 6.66. The van der Waals surface area contributed by atoms with Crippen LogP contribution in [0.3, 0.4) is 0 Å². The summed E-state index contributed by atoms with van der Waals surface area (Å²) in [5.74, 6) is -0.0791. The number of nitrogens with zero attached hydrogens (tertiary/aromatic N) is 1. The summed E-state index contributed by atoms with van der Waals surface area (Å²) in [5.41, 5.74) is 1.15. The summed E-state index contributed by atoms with van der Waals surface area (Å²) in [7, 11) is 0. The molecule has 1 fully saturated rings. The third-order valence-corrected chi connectivity index (χ3v) is 3.90. The molecule has 1 heterocycles. The lowest BCUT2D eigenvalue weighted by Crippen LogP contribution is -2.28. The Hall–Kier alpha value is -1.42. The van der Waals surface area contributed by atoms with Crippen LogP contribution in [0.15, 0.2) is 18.3 Å². The van der Waals surface area contributed by atoms with E-state index in [4.69, 9.17) is 5.11 Å². The number of aromatic nitrogens is 1. The third-order valence-electron chi connectivity index (χ3n) is 3.90. The first-order valence-corrected chi connectivity index (χ1v) is 7.07. The molecule has 1 aromatic heterocycles. The van der Waals surface area contributed by atoms with Crippen molar-refractivity contribution in [2.75, 3.05) is 0 Å². The molecule has 1 saturated carbocycles. The third kappa shape index (κ3) is 4.31. The second-order valence-electron chi connectivity index (χ2n) is 5.53. The number of carbonyl (C=O) groups is 1. The van der Waals surface area contributed by atoms with Crippen LogP contribution in [0, 0.1) is 5.92 Å². The molecule has 0 radical (unpaired) electrons. The van der Waals surface area contributed by atoms with Gasteiger partial charge >= 0.3 is 5.97 Å². The fourth-order valence-electron chi connectivity index (χ4n) is 2.60. The predicted octanol–water partition coefficient (Wildman–Crippen LogP) is 2.84. The second-order valence-corrected chi connectivity index (χ2v) is 5.53. The highest BCUT2D eigenvalue weighted by atomic mass is 16.4. The SMILES string of the molecule is CC1CCCC(NCc2ccc(C(=O)O)cn2)CC1. The molecule has 4 heteroatoms. The highest BCUT2D eigenvalue weighted by Crippen LogP contribution is 2.22. The number of hydrogen-bond acceptors (Lipinski definition) is 3. The van der Waals surface area contributed by atoms with Crippen LogP contribution in [0.4, 0.5) is 0 Å². The van der Waals surface area contributed by atoms with Gasteiger partial charge in [0.1, 0.15) is 0 Å². The van der Waals surface area contributed by atoms with Gasteiger partial charge in [-0.15, -0.1) is 0 Å². The maximum atomic E-state index is 10.7. The average molecular weight is 262 g/mol. The molecule has 1 aliphatic carbocycles. The zero-order valence-electron chi connectivity index (χ0n) is 11.4. The molecule has 2 atom stereocenters. The smallest absolute Gasteiger partial charge is 0.337 e. The van der Waals surface area contributed by atoms with Crippen LogP contribution < -0.4 is 5.32 Å². The van der Waals surface area contributed by atoms with Crippen molar-refractivity contribution in [2.45, 2.75) is 51.6 Å². The molecular formula is C15H22N2O2. The summed E-state index contributed by atoms with van der Waals surface area (Å²) in [6, 6.07) is 3.97. The lowest BCUT2D eigenvalue weighted by molar-refractivity contribution is 0.0696. The van der Waals surface area contributed by atoms with Crippen LogP contribution in [-0.2, 0) is 6.54 Å². The van der Waals surface area contributed by atoms with E-state index in [-0.39, 0.29) is 5.56 Å². The number of carboxylic acids is 1. The Morgan fingerprint density at radius 3 is 2.89 bits per heavy atom. The molecule has 0 aromatic carbocycles. The van der Waals surface area contributed by atoms with E-state index >= 15 is 0 Å². The Kier molecular flexibility index (Phi) is 4.91. The maximum Gasteiger partial charge on any atom is 0.337 e. The van der Waals surface area contributed by atoms with Crippen molar-refractivity contribution < 1.29 is 9.90 Å². The van der Waals surface area contributed by atoms with Gasteiger partial charge in [-0.25, -0.2) is 4.79 Å². The van der Waals surface area contributed by atoms with E-state index < -0.39 is 5.97 Å². The lowest BCUT2D eigenvalue weighted by atomic mass is 10.0. The minimum Gasteiger partial charge on any atom is -0.478 e. The Morgan fingerprint density at radius 1 is 1.37 bits per heavy atom. The number of nitrogens with one attached hydrogen (secondary N) is 1. The summed E-state index contributed by atoms with van der Waals surface area (Å²) in [5, 5.41) is 12.3. The summed E-state index contributed by atoms with van der Waals surface area (Å²) >= 11 is 0. The highest BCUT2D eigenvalue weighted by molar-refractivity contribution is 5.87. The van der Waals surface area contributed by atoms with Gasteiger partial charge in [-0.3, -0.25) is 4.98 Å². The van der Waals surface area contributed by atoms with Gasteiger partial charge in [0.25, 0.3) is 0 Å². The largest absolute Gasteiger partial charge is 0.478 e. The fourth-order valence-corrected chi connectivity index (χ4v) is 2.60. The predicted molar refractivity (Wildman–Crippen MR) is 74.1 cm³/mol. The van der Waals surface area contributed by atoms with Crippen molar-refractivity contribution in [2.24, 2.45) is 5.92 Å². The molecule has 104 valence electrons. The first-order valence-electron chi connectivity index (χ1n) is 7.07. The number of rotatable bonds is 4. The van der Waals surface area contributed by atoms with Gasteiger partial charge in [-0.05, 0) is 37.3 Å². The standard InChI is InChI=1S/C15H22N2O2/c1-11-3-2-4-13(7-5-11)17-10-14-8-6-12(9-16-14)15(18)19/h6,8-9,11,13,17H,2-5,7,10H2,1H3,(H,18,19). The van der Waals surface area contributed by atoms with E-state index in [0.29, 0.717) is 6.04 Å². The Bertz CT molecular complexity index is 417. The molecule has 2 rings (SSSR count). The summed E-state index contributed by atoms with van der Waals surface area (Å²) in [4.78, 5) is 14.9. The molecule has 0 bridgehead atoms. The van der Waals surface area contributed by atoms with Gasteiger partial charge in [-0.1, -0.05) is 19.8 Å². The molecule has 0 spiro atoms. The Labute approximate surface area is 114 Å². The Morgan fingerprint density at radius 2 is 2.21 bits per heavy atom. The quantitative estimate of drug-likeness (QED) is 0.819. The molecule has 4 nitrogen and oxygen atoms in total. The van der Waals surface area contributed by atoms with Crippen molar-refractivity contribution in [3.63, 3.8) is 0 Å². The van der Waals surface area contributed by atoms with E-state index in [1.54, 1.807) is 12.1 Å². The van der Waals surface area contributed by atoms with Crippen LogP contribution in [0.5, 0.6) is 0 Å². The Balaban J connectivity index is 1.83. The molecular weight excluding hydrogens is 240 g/mol. The number of pyridine rings is 1. The zero-order valence-corrected chi connectivity index (χ0v) is 11.4. The maximum absolute atomic E-state index is 10.7. The highest BCUT2D eigenvalue weighted by Gasteiger charge is 2.15. The van der Waals surface area contributed by atoms with E-state index in [1.165, 1.54) is 38.3 Å². The monoisotopic (exact) mass is 262 g/mol. The molecule has 1 aliphatic rings. The first-order chi connectivity index (χ1) is 9.15. The van der Waals surface area contributed by atoms with Crippen LogP contribution in [-0.4, -0.2) is 22.1 Å². The van der Waals surface area contributed by atoms with Crippen molar-refractivity contribution in [3.8, 4) is 0 Å². The molecule has 1 aromatic rings. The van der Waals surface area contributed by atoms with Gasteiger partial charge in [0.05, 0.1) is 11.3 Å².